The van der Waals surface area contributed by atoms with Crippen LogP contribution >= 0.6 is 0 Å². The third-order valence-electron chi connectivity index (χ3n) is 4.01. The fraction of sp³-hybridized carbons (Fsp3) is 0.429. The van der Waals surface area contributed by atoms with E-state index in [9.17, 15) is 9.18 Å². The highest BCUT2D eigenvalue weighted by Gasteiger charge is 2.37. The van der Waals surface area contributed by atoms with E-state index in [2.05, 4.69) is 20.8 Å². The largest absolute Gasteiger partial charge is 0.324 e. The van der Waals surface area contributed by atoms with Crippen LogP contribution < -0.4 is 11.1 Å². The Morgan fingerprint density at radius 2 is 2.14 bits per heavy atom. The standard InChI is InChI=1S/C14H17FN6O/c1-9-18-19-20-21(9)12-8-10(4-5-11(12)15)17-13(22)14(16)6-2-3-7-14/h4-5,8H,2-3,6-7,16H2,1H3,(H,17,22). The van der Waals surface area contributed by atoms with Gasteiger partial charge in [0.05, 0.1) is 5.54 Å². The van der Waals surface area contributed by atoms with Gasteiger partial charge in [-0.2, -0.15) is 4.68 Å². The summed E-state index contributed by atoms with van der Waals surface area (Å²) in [5, 5.41) is 13.7. The van der Waals surface area contributed by atoms with Gasteiger partial charge in [-0.05, 0) is 48.4 Å². The van der Waals surface area contributed by atoms with Gasteiger partial charge in [-0.3, -0.25) is 4.79 Å². The van der Waals surface area contributed by atoms with E-state index in [0.717, 1.165) is 12.8 Å². The molecule has 116 valence electrons. The van der Waals surface area contributed by atoms with Crippen LogP contribution in [0.1, 0.15) is 31.5 Å². The van der Waals surface area contributed by atoms with Gasteiger partial charge in [-0.25, -0.2) is 4.39 Å². The highest BCUT2D eigenvalue weighted by atomic mass is 19.1. The van der Waals surface area contributed by atoms with Crippen LogP contribution in [0.15, 0.2) is 18.2 Å². The van der Waals surface area contributed by atoms with Crippen molar-refractivity contribution in [2.24, 2.45) is 5.73 Å². The summed E-state index contributed by atoms with van der Waals surface area (Å²) in [5.74, 6) is -0.263. The van der Waals surface area contributed by atoms with E-state index in [4.69, 9.17) is 5.73 Å². The number of benzene rings is 1. The number of nitrogens with one attached hydrogen (secondary N) is 1. The Labute approximate surface area is 126 Å². The van der Waals surface area contributed by atoms with Crippen molar-refractivity contribution in [2.75, 3.05) is 5.32 Å². The van der Waals surface area contributed by atoms with Crippen molar-refractivity contribution in [2.45, 2.75) is 38.1 Å². The van der Waals surface area contributed by atoms with Gasteiger partial charge in [0.15, 0.2) is 5.82 Å². The summed E-state index contributed by atoms with van der Waals surface area (Å²) in [4.78, 5) is 12.3. The van der Waals surface area contributed by atoms with E-state index in [1.54, 1.807) is 6.92 Å². The van der Waals surface area contributed by atoms with Crippen LogP contribution in [0, 0.1) is 12.7 Å². The summed E-state index contributed by atoms with van der Waals surface area (Å²) in [6.07, 6.45) is 3.22. The second kappa shape index (κ2) is 5.45. The smallest absolute Gasteiger partial charge is 0.244 e. The number of halogens is 1. The van der Waals surface area contributed by atoms with Crippen molar-refractivity contribution in [1.29, 1.82) is 0 Å². The summed E-state index contributed by atoms with van der Waals surface area (Å²) in [5.41, 5.74) is 5.92. The quantitative estimate of drug-likeness (QED) is 0.891. The monoisotopic (exact) mass is 304 g/mol. The molecule has 0 saturated heterocycles. The Morgan fingerprint density at radius 3 is 2.77 bits per heavy atom. The number of tetrazole rings is 1. The van der Waals surface area contributed by atoms with Crippen molar-refractivity contribution < 1.29 is 9.18 Å². The molecule has 0 unspecified atom stereocenters. The van der Waals surface area contributed by atoms with Crippen molar-refractivity contribution in [1.82, 2.24) is 20.2 Å². The average molecular weight is 304 g/mol. The summed E-state index contributed by atoms with van der Waals surface area (Å²) >= 11 is 0. The number of rotatable bonds is 3. The normalized spacial score (nSPS) is 16.7. The number of hydrogen-bond acceptors (Lipinski definition) is 5. The summed E-state index contributed by atoms with van der Waals surface area (Å²) in [6, 6.07) is 4.26. The zero-order chi connectivity index (χ0) is 15.7. The molecule has 3 rings (SSSR count). The van der Waals surface area contributed by atoms with Crippen LogP contribution in [0.2, 0.25) is 0 Å². The molecule has 1 aromatic heterocycles. The zero-order valence-corrected chi connectivity index (χ0v) is 12.2. The molecule has 0 aliphatic heterocycles. The molecule has 0 atom stereocenters. The number of aromatic nitrogens is 4. The fourth-order valence-electron chi connectivity index (χ4n) is 2.70. The van der Waals surface area contributed by atoms with Gasteiger partial charge in [0.2, 0.25) is 5.91 Å². The summed E-state index contributed by atoms with van der Waals surface area (Å²) in [7, 11) is 0. The Morgan fingerprint density at radius 1 is 1.41 bits per heavy atom. The molecular weight excluding hydrogens is 287 g/mol. The maximum atomic E-state index is 14.0. The number of amides is 1. The Hall–Kier alpha value is -2.35. The molecule has 0 radical (unpaired) electrons. The van der Waals surface area contributed by atoms with Gasteiger partial charge in [0.25, 0.3) is 0 Å². The van der Waals surface area contributed by atoms with E-state index >= 15 is 0 Å². The van der Waals surface area contributed by atoms with Gasteiger partial charge in [0, 0.05) is 5.69 Å². The highest BCUT2D eigenvalue weighted by Crippen LogP contribution is 2.29. The average Bonchev–Trinajstić information content (AvgIpc) is 3.11. The minimum Gasteiger partial charge on any atom is -0.324 e. The number of nitrogens with two attached hydrogens (primary N) is 1. The lowest BCUT2D eigenvalue weighted by atomic mass is 9.98. The first-order valence-electron chi connectivity index (χ1n) is 7.15. The second-order valence-corrected chi connectivity index (χ2v) is 5.62. The molecule has 3 N–H and O–H groups in total. The number of anilines is 1. The van der Waals surface area contributed by atoms with Crippen molar-refractivity contribution in [3.8, 4) is 5.69 Å². The van der Waals surface area contributed by atoms with Gasteiger partial charge in [-0.15, -0.1) is 5.10 Å². The Balaban J connectivity index is 1.87. The first kappa shape index (κ1) is 14.6. The van der Waals surface area contributed by atoms with Crippen molar-refractivity contribution in [3.05, 3.63) is 29.8 Å². The Kier molecular flexibility index (Phi) is 3.61. The van der Waals surface area contributed by atoms with Crippen LogP contribution in [0.5, 0.6) is 0 Å². The molecular formula is C14H17FN6O. The minimum absolute atomic E-state index is 0.179. The van der Waals surface area contributed by atoms with Crippen LogP contribution in [-0.2, 0) is 4.79 Å². The number of carbonyl (C=O) groups is 1. The van der Waals surface area contributed by atoms with Crippen molar-refractivity contribution >= 4 is 11.6 Å². The molecule has 1 amide bonds. The van der Waals surface area contributed by atoms with Crippen LogP contribution in [0.4, 0.5) is 10.1 Å². The lowest BCUT2D eigenvalue weighted by molar-refractivity contribution is -0.121. The molecule has 0 bridgehead atoms. The third-order valence-corrected chi connectivity index (χ3v) is 4.01. The van der Waals surface area contributed by atoms with E-state index < -0.39 is 11.4 Å². The van der Waals surface area contributed by atoms with Gasteiger partial charge in [0.1, 0.15) is 11.5 Å². The maximum absolute atomic E-state index is 14.0. The van der Waals surface area contributed by atoms with E-state index in [1.807, 2.05) is 0 Å². The topological polar surface area (TPSA) is 98.7 Å². The predicted molar refractivity (Wildman–Crippen MR) is 77.9 cm³/mol. The molecule has 7 nitrogen and oxygen atoms in total. The van der Waals surface area contributed by atoms with Crippen molar-refractivity contribution in [3.63, 3.8) is 0 Å². The first-order valence-corrected chi connectivity index (χ1v) is 7.15. The number of nitrogens with zero attached hydrogens (tertiary/aromatic N) is 4. The molecule has 8 heteroatoms. The SMILES string of the molecule is Cc1nnnn1-c1cc(NC(=O)C2(N)CCCC2)ccc1F. The first-order chi connectivity index (χ1) is 10.5. The molecule has 2 aromatic rings. The molecule has 0 spiro atoms. The summed E-state index contributed by atoms with van der Waals surface area (Å²) < 4.78 is 15.2. The second-order valence-electron chi connectivity index (χ2n) is 5.62. The zero-order valence-electron chi connectivity index (χ0n) is 12.2. The number of hydrogen-bond donors (Lipinski definition) is 2. The maximum Gasteiger partial charge on any atom is 0.244 e. The molecule has 1 aromatic carbocycles. The van der Waals surface area contributed by atoms with E-state index in [0.29, 0.717) is 24.4 Å². The molecule has 1 fully saturated rings. The molecule has 1 heterocycles. The minimum atomic E-state index is -0.834. The Bertz CT molecular complexity index is 707. The molecule has 1 saturated carbocycles. The molecule has 22 heavy (non-hydrogen) atoms. The van der Waals surface area contributed by atoms with Crippen LogP contribution in [0.25, 0.3) is 5.69 Å². The van der Waals surface area contributed by atoms with E-state index in [1.165, 1.54) is 22.9 Å². The fourth-order valence-corrected chi connectivity index (χ4v) is 2.70. The summed E-state index contributed by atoms with van der Waals surface area (Å²) in [6.45, 7) is 1.66. The van der Waals surface area contributed by atoms with Crippen LogP contribution in [0.3, 0.4) is 0 Å². The van der Waals surface area contributed by atoms with Gasteiger partial charge < -0.3 is 11.1 Å². The molecule has 1 aliphatic rings. The number of carbonyl (C=O) groups excluding carboxylic acids is 1. The number of aryl methyl sites for hydroxylation is 1. The lowest BCUT2D eigenvalue weighted by Crippen LogP contribution is -2.48. The highest BCUT2D eigenvalue weighted by molar-refractivity contribution is 5.98. The van der Waals surface area contributed by atoms with Gasteiger partial charge in [-0.1, -0.05) is 12.8 Å². The van der Waals surface area contributed by atoms with Gasteiger partial charge >= 0.3 is 0 Å². The predicted octanol–water partition coefficient (Wildman–Crippen LogP) is 1.32. The third kappa shape index (κ3) is 2.57. The van der Waals surface area contributed by atoms with Crippen LogP contribution in [-0.4, -0.2) is 31.7 Å². The lowest BCUT2D eigenvalue weighted by Gasteiger charge is -2.22. The van der Waals surface area contributed by atoms with E-state index in [-0.39, 0.29) is 11.6 Å². The molecule has 1 aliphatic carbocycles.